The smallest absolute Gasteiger partial charge is 0.102 e. The molecule has 0 unspecified atom stereocenters. The van der Waals surface area contributed by atoms with Crippen LogP contribution in [-0.2, 0) is 4.74 Å². The van der Waals surface area contributed by atoms with Crippen LogP contribution in [0.25, 0.3) is 0 Å². The average molecular weight is 98.1 g/mol. The molecule has 1 saturated heterocycles. The van der Waals surface area contributed by atoms with Crippen LogP contribution < -0.4 is 0 Å². The molecule has 0 aromatic carbocycles. The molecule has 40 valence electrons. The van der Waals surface area contributed by atoms with Crippen LogP contribution in [-0.4, -0.2) is 12.2 Å². The highest BCUT2D eigenvalue weighted by Crippen LogP contribution is 2.21. The number of allylic oxidation sites excluding steroid dienone is 1. The van der Waals surface area contributed by atoms with Crippen LogP contribution in [0.5, 0.6) is 0 Å². The molecule has 1 rings (SSSR count). The molecule has 1 nitrogen and oxygen atoms in total. The Labute approximate surface area is 44.0 Å². The van der Waals surface area contributed by atoms with Crippen molar-refractivity contribution in [1.82, 2.24) is 0 Å². The van der Waals surface area contributed by atoms with Crippen LogP contribution >= 0.6 is 0 Å². The Hall–Kier alpha value is -0.300. The standard InChI is InChI=1S/C6H10O/c1-3-4-6-5(2)7-6/h3-6H,1-2H3/b4-3-/t5-,6+/m0/s1. The predicted molar refractivity (Wildman–Crippen MR) is 29.1 cm³/mol. The van der Waals surface area contributed by atoms with Gasteiger partial charge in [-0.3, -0.25) is 0 Å². The molecule has 0 N–H and O–H groups in total. The van der Waals surface area contributed by atoms with Crippen molar-refractivity contribution in [2.24, 2.45) is 0 Å². The highest BCUT2D eigenvalue weighted by atomic mass is 16.6. The zero-order valence-electron chi connectivity index (χ0n) is 4.72. The van der Waals surface area contributed by atoms with Crippen molar-refractivity contribution in [2.75, 3.05) is 0 Å². The SMILES string of the molecule is C/C=C\[C@H]1O[C@H]1C. The van der Waals surface area contributed by atoms with Gasteiger partial charge in [0.25, 0.3) is 0 Å². The lowest BCUT2D eigenvalue weighted by Gasteiger charge is -1.69. The monoisotopic (exact) mass is 98.1 g/mol. The van der Waals surface area contributed by atoms with E-state index in [-0.39, 0.29) is 0 Å². The molecule has 0 bridgehead atoms. The Morgan fingerprint density at radius 2 is 2.14 bits per heavy atom. The maximum absolute atomic E-state index is 5.07. The topological polar surface area (TPSA) is 12.5 Å². The maximum Gasteiger partial charge on any atom is 0.102 e. The van der Waals surface area contributed by atoms with Gasteiger partial charge >= 0.3 is 0 Å². The fourth-order valence-electron chi connectivity index (χ4n) is 0.594. The van der Waals surface area contributed by atoms with Gasteiger partial charge < -0.3 is 4.74 Å². The van der Waals surface area contributed by atoms with Crippen LogP contribution in [0.3, 0.4) is 0 Å². The lowest BCUT2D eigenvalue weighted by atomic mass is 10.3. The zero-order chi connectivity index (χ0) is 5.28. The normalized spacial score (nSPS) is 39.7. The second kappa shape index (κ2) is 1.66. The molecule has 0 aromatic heterocycles. The molecule has 7 heavy (non-hydrogen) atoms. The summed E-state index contributed by atoms with van der Waals surface area (Å²) in [6.07, 6.45) is 5.01. The third-order valence-corrected chi connectivity index (χ3v) is 1.14. The molecule has 2 atom stereocenters. The van der Waals surface area contributed by atoms with E-state index >= 15 is 0 Å². The first-order valence-corrected chi connectivity index (χ1v) is 2.63. The zero-order valence-corrected chi connectivity index (χ0v) is 4.72. The molecular formula is C6H10O. The van der Waals surface area contributed by atoms with E-state index < -0.39 is 0 Å². The van der Waals surface area contributed by atoms with Crippen molar-refractivity contribution in [3.8, 4) is 0 Å². The van der Waals surface area contributed by atoms with Gasteiger partial charge in [0.05, 0.1) is 6.10 Å². The van der Waals surface area contributed by atoms with Crippen molar-refractivity contribution < 1.29 is 4.74 Å². The number of rotatable bonds is 1. The Bertz CT molecular complexity index is 86.2. The van der Waals surface area contributed by atoms with Crippen molar-refractivity contribution in [3.05, 3.63) is 12.2 Å². The third kappa shape index (κ3) is 1.03. The van der Waals surface area contributed by atoms with Crippen LogP contribution in [0.2, 0.25) is 0 Å². The third-order valence-electron chi connectivity index (χ3n) is 1.14. The van der Waals surface area contributed by atoms with Gasteiger partial charge in [-0.1, -0.05) is 12.2 Å². The molecule has 1 fully saturated rings. The second-order valence-corrected chi connectivity index (χ2v) is 1.83. The van der Waals surface area contributed by atoms with Crippen LogP contribution in [0, 0.1) is 0 Å². The summed E-state index contributed by atoms with van der Waals surface area (Å²) in [5, 5.41) is 0. The summed E-state index contributed by atoms with van der Waals surface area (Å²) in [5.74, 6) is 0. The summed E-state index contributed by atoms with van der Waals surface area (Å²) in [6.45, 7) is 4.08. The molecule has 1 aliphatic heterocycles. The quantitative estimate of drug-likeness (QED) is 0.356. The molecule has 0 radical (unpaired) electrons. The first kappa shape index (κ1) is 4.85. The number of hydrogen-bond acceptors (Lipinski definition) is 1. The van der Waals surface area contributed by atoms with E-state index in [9.17, 15) is 0 Å². The van der Waals surface area contributed by atoms with Crippen molar-refractivity contribution in [3.63, 3.8) is 0 Å². The first-order chi connectivity index (χ1) is 3.34. The van der Waals surface area contributed by atoms with E-state index in [1.54, 1.807) is 0 Å². The Morgan fingerprint density at radius 1 is 1.57 bits per heavy atom. The van der Waals surface area contributed by atoms with Crippen molar-refractivity contribution in [1.29, 1.82) is 0 Å². The van der Waals surface area contributed by atoms with Gasteiger partial charge in [-0.05, 0) is 13.8 Å². The lowest BCUT2D eigenvalue weighted by molar-refractivity contribution is 0.400. The Kier molecular flexibility index (Phi) is 1.15. The molecule has 1 aliphatic rings. The summed E-state index contributed by atoms with van der Waals surface area (Å²) in [5.41, 5.74) is 0. The number of epoxide rings is 1. The van der Waals surface area contributed by atoms with E-state index in [0.29, 0.717) is 12.2 Å². The van der Waals surface area contributed by atoms with Crippen LogP contribution in [0.1, 0.15) is 13.8 Å². The maximum atomic E-state index is 5.07. The van der Waals surface area contributed by atoms with Gasteiger partial charge in [0, 0.05) is 0 Å². The second-order valence-electron chi connectivity index (χ2n) is 1.83. The fraction of sp³-hybridized carbons (Fsp3) is 0.667. The molecule has 0 aliphatic carbocycles. The van der Waals surface area contributed by atoms with E-state index in [0.717, 1.165) is 0 Å². The molecule has 0 saturated carbocycles. The van der Waals surface area contributed by atoms with Gasteiger partial charge in [-0.25, -0.2) is 0 Å². The summed E-state index contributed by atoms with van der Waals surface area (Å²) in [6, 6.07) is 0. The van der Waals surface area contributed by atoms with Crippen LogP contribution in [0.15, 0.2) is 12.2 Å². The fourth-order valence-corrected chi connectivity index (χ4v) is 0.594. The highest BCUT2D eigenvalue weighted by Gasteiger charge is 2.30. The van der Waals surface area contributed by atoms with E-state index in [1.165, 1.54) is 0 Å². The van der Waals surface area contributed by atoms with Gasteiger partial charge in [-0.15, -0.1) is 0 Å². The summed E-state index contributed by atoms with van der Waals surface area (Å²) in [4.78, 5) is 0. The molecular weight excluding hydrogens is 88.1 g/mol. The molecule has 0 aromatic rings. The van der Waals surface area contributed by atoms with Crippen molar-refractivity contribution in [2.45, 2.75) is 26.1 Å². The summed E-state index contributed by atoms with van der Waals surface area (Å²) < 4.78 is 5.07. The minimum Gasteiger partial charge on any atom is -0.365 e. The minimum absolute atomic E-state index is 0.435. The van der Waals surface area contributed by atoms with Gasteiger partial charge in [0.15, 0.2) is 0 Å². The first-order valence-electron chi connectivity index (χ1n) is 2.63. The van der Waals surface area contributed by atoms with Gasteiger partial charge in [-0.2, -0.15) is 0 Å². The number of hydrogen-bond donors (Lipinski definition) is 0. The van der Waals surface area contributed by atoms with E-state index in [4.69, 9.17) is 4.74 Å². The predicted octanol–water partition coefficient (Wildman–Crippen LogP) is 1.35. The minimum atomic E-state index is 0.435. The summed E-state index contributed by atoms with van der Waals surface area (Å²) >= 11 is 0. The lowest BCUT2D eigenvalue weighted by Crippen LogP contribution is -1.78. The largest absolute Gasteiger partial charge is 0.365 e. The highest BCUT2D eigenvalue weighted by molar-refractivity contribution is 4.98. The van der Waals surface area contributed by atoms with Gasteiger partial charge in [0.1, 0.15) is 6.10 Å². The molecule has 0 spiro atoms. The summed E-state index contributed by atoms with van der Waals surface area (Å²) in [7, 11) is 0. The van der Waals surface area contributed by atoms with E-state index in [2.05, 4.69) is 13.0 Å². The van der Waals surface area contributed by atoms with Gasteiger partial charge in [0.2, 0.25) is 0 Å². The molecule has 0 amide bonds. The van der Waals surface area contributed by atoms with Crippen molar-refractivity contribution >= 4 is 0 Å². The van der Waals surface area contributed by atoms with Crippen LogP contribution in [0.4, 0.5) is 0 Å². The number of ether oxygens (including phenoxy) is 1. The molecule has 1 heteroatoms. The Balaban J connectivity index is 2.21. The molecule has 1 heterocycles. The van der Waals surface area contributed by atoms with E-state index in [1.807, 2.05) is 13.0 Å². The average Bonchev–Trinajstić information content (AvgIpc) is 2.22. The Morgan fingerprint density at radius 3 is 2.29 bits per heavy atom.